The number of H-pyrrole nitrogens is 1. The van der Waals surface area contributed by atoms with E-state index in [2.05, 4.69) is 41.8 Å². The Morgan fingerprint density at radius 3 is 2.76 bits per heavy atom. The first-order chi connectivity index (χ1) is 10.0. The number of nitrogens with zero attached hydrogens (tertiary/aromatic N) is 1. The van der Waals surface area contributed by atoms with E-state index in [0.717, 1.165) is 14.5 Å². The van der Waals surface area contributed by atoms with Gasteiger partial charge in [0, 0.05) is 15.4 Å². The SMILES string of the molecule is O=c1[nH]c(Cc2cccc(F)c2)nc2c(Br)cc(Br)cc12. The van der Waals surface area contributed by atoms with Crippen molar-refractivity contribution in [2.24, 2.45) is 0 Å². The zero-order valence-electron chi connectivity index (χ0n) is 10.7. The number of halogens is 3. The van der Waals surface area contributed by atoms with Gasteiger partial charge in [0.1, 0.15) is 11.6 Å². The van der Waals surface area contributed by atoms with Crippen LogP contribution in [0, 0.1) is 5.82 Å². The van der Waals surface area contributed by atoms with Crippen LogP contribution >= 0.6 is 31.9 Å². The number of nitrogens with one attached hydrogen (secondary N) is 1. The highest BCUT2D eigenvalue weighted by Crippen LogP contribution is 2.25. The molecule has 0 aliphatic heterocycles. The molecule has 6 heteroatoms. The first-order valence-electron chi connectivity index (χ1n) is 6.15. The Morgan fingerprint density at radius 1 is 1.19 bits per heavy atom. The second-order valence-corrected chi connectivity index (χ2v) is 6.37. The van der Waals surface area contributed by atoms with Gasteiger partial charge in [-0.1, -0.05) is 28.1 Å². The molecule has 3 nitrogen and oxygen atoms in total. The Bertz CT molecular complexity index is 892. The lowest BCUT2D eigenvalue weighted by Crippen LogP contribution is -2.12. The molecule has 0 aliphatic carbocycles. The smallest absolute Gasteiger partial charge is 0.258 e. The van der Waals surface area contributed by atoms with Gasteiger partial charge in [-0.2, -0.15) is 0 Å². The highest BCUT2D eigenvalue weighted by atomic mass is 79.9. The molecule has 0 spiro atoms. The molecular formula is C15H9Br2FN2O. The minimum atomic E-state index is -0.305. The third-order valence-electron chi connectivity index (χ3n) is 3.04. The van der Waals surface area contributed by atoms with Crippen LogP contribution in [0.5, 0.6) is 0 Å². The molecule has 0 bridgehead atoms. The fourth-order valence-corrected chi connectivity index (χ4v) is 3.45. The minimum Gasteiger partial charge on any atom is -0.310 e. The third kappa shape index (κ3) is 3.06. The molecule has 0 unspecified atom stereocenters. The average molecular weight is 412 g/mol. The van der Waals surface area contributed by atoms with E-state index in [4.69, 9.17) is 0 Å². The molecule has 1 heterocycles. The van der Waals surface area contributed by atoms with Crippen LogP contribution in [0.3, 0.4) is 0 Å². The highest BCUT2D eigenvalue weighted by Gasteiger charge is 2.09. The minimum absolute atomic E-state index is 0.214. The molecule has 0 radical (unpaired) electrons. The van der Waals surface area contributed by atoms with E-state index >= 15 is 0 Å². The highest BCUT2D eigenvalue weighted by molar-refractivity contribution is 9.11. The lowest BCUT2D eigenvalue weighted by Gasteiger charge is -2.05. The topological polar surface area (TPSA) is 45.8 Å². The van der Waals surface area contributed by atoms with E-state index in [1.54, 1.807) is 18.2 Å². The summed E-state index contributed by atoms with van der Waals surface area (Å²) in [6, 6.07) is 9.80. The molecule has 3 aromatic rings. The lowest BCUT2D eigenvalue weighted by atomic mass is 10.1. The van der Waals surface area contributed by atoms with Crippen molar-refractivity contribution >= 4 is 42.8 Å². The summed E-state index contributed by atoms with van der Waals surface area (Å²) in [4.78, 5) is 19.3. The van der Waals surface area contributed by atoms with Gasteiger partial charge in [0.2, 0.25) is 0 Å². The predicted molar refractivity (Wildman–Crippen MR) is 87.0 cm³/mol. The van der Waals surface area contributed by atoms with Gasteiger partial charge in [0.25, 0.3) is 5.56 Å². The van der Waals surface area contributed by atoms with Crippen molar-refractivity contribution < 1.29 is 4.39 Å². The fourth-order valence-electron chi connectivity index (χ4n) is 2.14. The van der Waals surface area contributed by atoms with E-state index in [0.29, 0.717) is 23.1 Å². The molecular weight excluding hydrogens is 403 g/mol. The van der Waals surface area contributed by atoms with E-state index in [9.17, 15) is 9.18 Å². The Labute approximate surface area is 136 Å². The van der Waals surface area contributed by atoms with Crippen molar-refractivity contribution in [3.8, 4) is 0 Å². The van der Waals surface area contributed by atoms with Crippen molar-refractivity contribution in [2.45, 2.75) is 6.42 Å². The third-order valence-corrected chi connectivity index (χ3v) is 4.10. The van der Waals surface area contributed by atoms with Crippen LogP contribution in [-0.2, 0) is 6.42 Å². The van der Waals surface area contributed by atoms with Gasteiger partial charge in [0.05, 0.1) is 10.9 Å². The van der Waals surface area contributed by atoms with Crippen molar-refractivity contribution in [2.75, 3.05) is 0 Å². The van der Waals surface area contributed by atoms with Crippen LogP contribution < -0.4 is 5.56 Å². The normalized spacial score (nSPS) is 11.0. The quantitative estimate of drug-likeness (QED) is 0.687. The van der Waals surface area contributed by atoms with Crippen LogP contribution in [0.25, 0.3) is 10.9 Å². The van der Waals surface area contributed by atoms with Gasteiger partial charge in [-0.05, 0) is 45.8 Å². The van der Waals surface area contributed by atoms with Crippen LogP contribution in [0.15, 0.2) is 50.1 Å². The fraction of sp³-hybridized carbons (Fsp3) is 0.0667. The molecule has 0 saturated carbocycles. The first-order valence-corrected chi connectivity index (χ1v) is 7.74. The van der Waals surface area contributed by atoms with E-state index in [-0.39, 0.29) is 11.4 Å². The largest absolute Gasteiger partial charge is 0.310 e. The Kier molecular flexibility index (Phi) is 3.91. The van der Waals surface area contributed by atoms with E-state index in [1.807, 2.05) is 6.07 Å². The zero-order chi connectivity index (χ0) is 15.0. The number of benzene rings is 2. The maximum absolute atomic E-state index is 13.2. The summed E-state index contributed by atoms with van der Waals surface area (Å²) in [7, 11) is 0. The summed E-state index contributed by atoms with van der Waals surface area (Å²) in [6.07, 6.45) is 0.367. The molecule has 0 fully saturated rings. The predicted octanol–water partition coefficient (Wildman–Crippen LogP) is 4.18. The number of aromatic amines is 1. The maximum atomic E-state index is 13.2. The number of aromatic nitrogens is 2. The Hall–Kier alpha value is -1.53. The van der Waals surface area contributed by atoms with Gasteiger partial charge >= 0.3 is 0 Å². The van der Waals surface area contributed by atoms with E-state index in [1.165, 1.54) is 12.1 Å². The van der Waals surface area contributed by atoms with Gasteiger partial charge in [-0.25, -0.2) is 9.37 Å². The van der Waals surface area contributed by atoms with Crippen molar-refractivity contribution in [1.29, 1.82) is 0 Å². The van der Waals surface area contributed by atoms with Gasteiger partial charge < -0.3 is 4.98 Å². The van der Waals surface area contributed by atoms with Crippen LogP contribution in [-0.4, -0.2) is 9.97 Å². The lowest BCUT2D eigenvalue weighted by molar-refractivity contribution is 0.626. The molecule has 1 aromatic heterocycles. The summed E-state index contributed by atoms with van der Waals surface area (Å²) in [5.74, 6) is 0.196. The van der Waals surface area contributed by atoms with Crippen molar-refractivity contribution in [1.82, 2.24) is 9.97 Å². The van der Waals surface area contributed by atoms with Gasteiger partial charge in [-0.15, -0.1) is 0 Å². The summed E-state index contributed by atoms with van der Waals surface area (Å²) in [6.45, 7) is 0. The molecule has 2 aromatic carbocycles. The number of hydrogen-bond acceptors (Lipinski definition) is 2. The monoisotopic (exact) mass is 410 g/mol. The summed E-state index contributed by atoms with van der Waals surface area (Å²) < 4.78 is 14.7. The first kappa shape index (κ1) is 14.4. The van der Waals surface area contributed by atoms with Crippen LogP contribution in [0.2, 0.25) is 0 Å². The molecule has 0 amide bonds. The maximum Gasteiger partial charge on any atom is 0.258 e. The molecule has 3 rings (SSSR count). The van der Waals surface area contributed by atoms with Crippen molar-refractivity contribution in [3.63, 3.8) is 0 Å². The van der Waals surface area contributed by atoms with E-state index < -0.39 is 0 Å². The summed E-state index contributed by atoms with van der Waals surface area (Å²) >= 11 is 6.75. The number of fused-ring (bicyclic) bond motifs is 1. The second kappa shape index (κ2) is 5.69. The molecule has 0 saturated heterocycles. The average Bonchev–Trinajstić information content (AvgIpc) is 2.40. The van der Waals surface area contributed by atoms with Crippen molar-refractivity contribution in [3.05, 3.63) is 72.9 Å². The summed E-state index contributed by atoms with van der Waals surface area (Å²) in [5, 5.41) is 0.499. The standard InChI is InChI=1S/C15H9Br2FN2O/c16-9-6-11-14(12(17)7-9)19-13(20-15(11)21)5-8-2-1-3-10(18)4-8/h1-4,6-7H,5H2,(H,19,20,21). The molecule has 1 N–H and O–H groups in total. The Balaban J connectivity index is 2.11. The Morgan fingerprint density at radius 2 is 2.00 bits per heavy atom. The van der Waals surface area contributed by atoms with Gasteiger partial charge in [0.15, 0.2) is 0 Å². The molecule has 0 aliphatic rings. The van der Waals surface area contributed by atoms with Crippen LogP contribution in [0.4, 0.5) is 4.39 Å². The van der Waals surface area contributed by atoms with Gasteiger partial charge in [-0.3, -0.25) is 4.79 Å². The van der Waals surface area contributed by atoms with Crippen LogP contribution in [0.1, 0.15) is 11.4 Å². The summed E-state index contributed by atoms with van der Waals surface area (Å²) in [5.41, 5.74) is 1.13. The second-order valence-electron chi connectivity index (χ2n) is 4.60. The molecule has 106 valence electrons. The molecule has 21 heavy (non-hydrogen) atoms. The molecule has 0 atom stereocenters. The number of hydrogen-bond donors (Lipinski definition) is 1. The zero-order valence-corrected chi connectivity index (χ0v) is 13.8. The number of rotatable bonds is 2.